The Balaban J connectivity index is 1.98. The van der Waals surface area contributed by atoms with Gasteiger partial charge in [0.1, 0.15) is 0 Å². The summed E-state index contributed by atoms with van der Waals surface area (Å²) < 4.78 is 0. The zero-order valence-electron chi connectivity index (χ0n) is 13.0. The summed E-state index contributed by atoms with van der Waals surface area (Å²) in [7, 11) is 0. The molecule has 2 heterocycles. The van der Waals surface area contributed by atoms with Crippen molar-refractivity contribution in [2.24, 2.45) is 0 Å². The zero-order chi connectivity index (χ0) is 14.4. The normalized spacial score (nSPS) is 22.4. The van der Waals surface area contributed by atoms with Crippen molar-refractivity contribution in [3.63, 3.8) is 0 Å². The van der Waals surface area contributed by atoms with E-state index in [0.717, 1.165) is 25.7 Å². The largest absolute Gasteiger partial charge is 0.313 e. The number of nitrogens with zero attached hydrogens (tertiary/aromatic N) is 1. The predicted octanol–water partition coefficient (Wildman–Crippen LogP) is 4.96. The van der Waals surface area contributed by atoms with Gasteiger partial charge in [0, 0.05) is 18.2 Å². The molecule has 112 valence electrons. The lowest BCUT2D eigenvalue weighted by Gasteiger charge is -2.35. The number of allylic oxidation sites excluding steroid dienone is 3. The summed E-state index contributed by atoms with van der Waals surface area (Å²) in [6, 6.07) is 0.490. The number of hydrogen-bond acceptors (Lipinski definition) is 1. The fourth-order valence-electron chi connectivity index (χ4n) is 3.63. The van der Waals surface area contributed by atoms with Gasteiger partial charge in [0.2, 0.25) is 5.91 Å². The first-order valence-corrected chi connectivity index (χ1v) is 8.41. The van der Waals surface area contributed by atoms with Crippen LogP contribution in [0.5, 0.6) is 0 Å². The second kappa shape index (κ2) is 7.66. The summed E-state index contributed by atoms with van der Waals surface area (Å²) in [5.41, 5.74) is 2.91. The third-order valence-electron chi connectivity index (χ3n) is 4.73. The maximum atomic E-state index is 12.2. The zero-order valence-corrected chi connectivity index (χ0v) is 13.0. The highest BCUT2D eigenvalue weighted by molar-refractivity contribution is 5.82. The molecule has 0 bridgehead atoms. The van der Waals surface area contributed by atoms with Crippen LogP contribution in [0.25, 0.3) is 0 Å². The highest BCUT2D eigenvalue weighted by atomic mass is 16.2. The molecule has 1 fully saturated rings. The maximum absolute atomic E-state index is 12.2. The summed E-state index contributed by atoms with van der Waals surface area (Å²) in [6.07, 6.45) is 14.6. The third-order valence-corrected chi connectivity index (χ3v) is 4.73. The van der Waals surface area contributed by atoms with Crippen LogP contribution in [0, 0.1) is 0 Å². The van der Waals surface area contributed by atoms with E-state index >= 15 is 0 Å². The average molecular weight is 275 g/mol. The molecule has 2 aliphatic rings. The van der Waals surface area contributed by atoms with Crippen molar-refractivity contribution in [3.05, 3.63) is 23.9 Å². The quantitative estimate of drug-likeness (QED) is 0.453. The van der Waals surface area contributed by atoms with E-state index in [1.807, 2.05) is 6.08 Å². The molecule has 0 saturated carbocycles. The minimum absolute atomic E-state index is 0.372. The van der Waals surface area contributed by atoms with Crippen molar-refractivity contribution in [1.29, 1.82) is 0 Å². The first-order chi connectivity index (χ1) is 9.77. The van der Waals surface area contributed by atoms with Crippen LogP contribution in [-0.2, 0) is 4.79 Å². The molecule has 2 nitrogen and oxygen atoms in total. The lowest BCUT2D eigenvalue weighted by Crippen LogP contribution is -2.38. The van der Waals surface area contributed by atoms with Gasteiger partial charge in [0.25, 0.3) is 0 Å². The van der Waals surface area contributed by atoms with Crippen molar-refractivity contribution < 1.29 is 4.79 Å². The topological polar surface area (TPSA) is 20.3 Å². The van der Waals surface area contributed by atoms with Crippen LogP contribution < -0.4 is 0 Å². The Bertz CT molecular complexity index is 383. The molecule has 0 N–H and O–H groups in total. The van der Waals surface area contributed by atoms with Crippen LogP contribution in [0.15, 0.2) is 23.9 Å². The van der Waals surface area contributed by atoms with Gasteiger partial charge in [0.15, 0.2) is 0 Å². The van der Waals surface area contributed by atoms with E-state index < -0.39 is 0 Å². The number of rotatable bonds is 8. The smallest absolute Gasteiger partial charge is 0.227 e. The molecular weight excluding hydrogens is 246 g/mol. The summed E-state index contributed by atoms with van der Waals surface area (Å²) in [6.45, 7) is 6.06. The lowest BCUT2D eigenvalue weighted by molar-refractivity contribution is -0.129. The third kappa shape index (κ3) is 3.53. The van der Waals surface area contributed by atoms with Gasteiger partial charge in [0.05, 0.1) is 0 Å². The summed E-state index contributed by atoms with van der Waals surface area (Å²) in [5.74, 6) is 0.372. The molecule has 0 aliphatic carbocycles. The molecule has 0 radical (unpaired) electrons. The van der Waals surface area contributed by atoms with Gasteiger partial charge in [-0.2, -0.15) is 0 Å². The van der Waals surface area contributed by atoms with E-state index in [4.69, 9.17) is 0 Å². The molecule has 2 rings (SSSR count). The van der Waals surface area contributed by atoms with Gasteiger partial charge in [-0.1, -0.05) is 44.3 Å². The van der Waals surface area contributed by atoms with E-state index in [-0.39, 0.29) is 0 Å². The fraction of sp³-hybridized carbons (Fsp3) is 0.722. The molecule has 0 aromatic heterocycles. The van der Waals surface area contributed by atoms with Gasteiger partial charge in [-0.3, -0.25) is 4.79 Å². The number of unbranched alkanes of at least 4 members (excludes halogenated alkanes) is 3. The number of fused-ring (bicyclic) bond motifs is 1. The standard InChI is InChI=1S/C18H29NO/c1-3-5-7-8-10-16-12-11-15(9-6-4-2)17-13-14-18(20)19(16)17/h4,16H,2-3,5-14H2,1H3. The molecular formula is C18H29NO. The van der Waals surface area contributed by atoms with Crippen molar-refractivity contribution in [3.8, 4) is 0 Å². The van der Waals surface area contributed by atoms with Crippen LogP contribution >= 0.6 is 0 Å². The van der Waals surface area contributed by atoms with Crippen molar-refractivity contribution in [1.82, 2.24) is 4.90 Å². The molecule has 1 atom stereocenters. The van der Waals surface area contributed by atoms with Gasteiger partial charge in [-0.25, -0.2) is 0 Å². The van der Waals surface area contributed by atoms with Crippen LogP contribution in [-0.4, -0.2) is 16.8 Å². The average Bonchev–Trinajstić information content (AvgIpc) is 2.85. The Hall–Kier alpha value is -1.05. The predicted molar refractivity (Wildman–Crippen MR) is 84.3 cm³/mol. The van der Waals surface area contributed by atoms with Crippen molar-refractivity contribution in [2.45, 2.75) is 83.6 Å². The van der Waals surface area contributed by atoms with E-state index in [0.29, 0.717) is 11.9 Å². The molecule has 1 amide bonds. The summed E-state index contributed by atoms with van der Waals surface area (Å²) in [4.78, 5) is 14.4. The first kappa shape index (κ1) is 15.3. The molecule has 0 aromatic rings. The minimum atomic E-state index is 0.372. The van der Waals surface area contributed by atoms with Crippen LogP contribution in [0.2, 0.25) is 0 Å². The van der Waals surface area contributed by atoms with Crippen molar-refractivity contribution >= 4 is 5.91 Å². The highest BCUT2D eigenvalue weighted by Crippen LogP contribution is 2.38. The van der Waals surface area contributed by atoms with Crippen LogP contribution in [0.3, 0.4) is 0 Å². The van der Waals surface area contributed by atoms with Gasteiger partial charge < -0.3 is 4.90 Å². The molecule has 1 unspecified atom stereocenters. The van der Waals surface area contributed by atoms with Crippen LogP contribution in [0.1, 0.15) is 77.6 Å². The monoisotopic (exact) mass is 275 g/mol. The summed E-state index contributed by atoms with van der Waals surface area (Å²) >= 11 is 0. The highest BCUT2D eigenvalue weighted by Gasteiger charge is 2.36. The molecule has 2 aliphatic heterocycles. The summed E-state index contributed by atoms with van der Waals surface area (Å²) in [5, 5.41) is 0. The number of carbonyl (C=O) groups excluding carboxylic acids is 1. The first-order valence-electron chi connectivity index (χ1n) is 8.41. The molecule has 0 spiro atoms. The van der Waals surface area contributed by atoms with E-state index in [1.54, 1.807) is 0 Å². The van der Waals surface area contributed by atoms with Crippen LogP contribution in [0.4, 0.5) is 0 Å². The molecule has 20 heavy (non-hydrogen) atoms. The Labute approximate surface area is 123 Å². The molecule has 1 saturated heterocycles. The Morgan fingerprint density at radius 2 is 2.10 bits per heavy atom. The second-order valence-electron chi connectivity index (χ2n) is 6.18. The van der Waals surface area contributed by atoms with E-state index in [1.165, 1.54) is 56.2 Å². The van der Waals surface area contributed by atoms with Crippen molar-refractivity contribution in [2.75, 3.05) is 0 Å². The number of amides is 1. The maximum Gasteiger partial charge on any atom is 0.227 e. The Morgan fingerprint density at radius 1 is 1.25 bits per heavy atom. The van der Waals surface area contributed by atoms with Gasteiger partial charge >= 0.3 is 0 Å². The molecule has 0 aromatic carbocycles. The number of carbonyl (C=O) groups is 1. The Kier molecular flexibility index (Phi) is 5.87. The van der Waals surface area contributed by atoms with Gasteiger partial charge in [-0.15, -0.1) is 6.58 Å². The Morgan fingerprint density at radius 3 is 2.85 bits per heavy atom. The van der Waals surface area contributed by atoms with Gasteiger partial charge in [-0.05, 0) is 38.5 Å². The molecule has 2 heteroatoms. The van der Waals surface area contributed by atoms with E-state index in [2.05, 4.69) is 18.4 Å². The van der Waals surface area contributed by atoms with E-state index in [9.17, 15) is 4.79 Å². The number of hydrogen-bond donors (Lipinski definition) is 0. The fourth-order valence-corrected chi connectivity index (χ4v) is 3.63. The second-order valence-corrected chi connectivity index (χ2v) is 6.18. The SMILES string of the molecule is C=CCCC1=C2CCC(=O)N2C(CCCCCC)CC1. The minimum Gasteiger partial charge on any atom is -0.313 e. The lowest BCUT2D eigenvalue weighted by atomic mass is 9.91.